The van der Waals surface area contributed by atoms with E-state index < -0.39 is 10.0 Å². The Hall–Kier alpha value is -0.680. The molecule has 0 amide bonds. The van der Waals surface area contributed by atoms with Gasteiger partial charge >= 0.3 is 0 Å². The highest BCUT2D eigenvalue weighted by atomic mass is 127. The van der Waals surface area contributed by atoms with Crippen LogP contribution in [-0.2, 0) is 16.4 Å². The fourth-order valence-corrected chi connectivity index (χ4v) is 5.87. The van der Waals surface area contributed by atoms with Crippen molar-refractivity contribution < 1.29 is 8.42 Å². The first-order valence-corrected chi connectivity index (χ1v) is 11.4. The molecule has 1 fully saturated rings. The van der Waals surface area contributed by atoms with Gasteiger partial charge in [-0.3, -0.25) is 9.30 Å². The average molecular weight is 510 g/mol. The van der Waals surface area contributed by atoms with Gasteiger partial charge in [-0.15, -0.1) is 24.0 Å². The van der Waals surface area contributed by atoms with Gasteiger partial charge in [0, 0.05) is 31.9 Å². The summed E-state index contributed by atoms with van der Waals surface area (Å²) in [5.74, 6) is 1.96. The number of thioether (sulfide) groups is 1. The van der Waals surface area contributed by atoms with Gasteiger partial charge in [0.15, 0.2) is 5.96 Å². The number of benzene rings is 1. The van der Waals surface area contributed by atoms with E-state index in [0.29, 0.717) is 24.3 Å². The number of fused-ring (bicyclic) bond motifs is 1. The molecule has 6 nitrogen and oxygen atoms in total. The first-order valence-electron chi connectivity index (χ1n) is 8.74. The van der Waals surface area contributed by atoms with Gasteiger partial charge in [0.1, 0.15) is 0 Å². The Bertz CT molecular complexity index is 721. The van der Waals surface area contributed by atoms with E-state index in [1.165, 1.54) is 22.9 Å². The van der Waals surface area contributed by atoms with Crippen LogP contribution in [0.25, 0.3) is 0 Å². The van der Waals surface area contributed by atoms with Crippen LogP contribution in [0.1, 0.15) is 18.4 Å². The van der Waals surface area contributed by atoms with Crippen LogP contribution in [0.3, 0.4) is 0 Å². The molecule has 2 aliphatic heterocycles. The van der Waals surface area contributed by atoms with Gasteiger partial charge in [-0.25, -0.2) is 8.42 Å². The van der Waals surface area contributed by atoms with Crippen LogP contribution in [0.15, 0.2) is 29.3 Å². The smallest absolute Gasteiger partial charge is 0.236 e. The number of halogens is 1. The van der Waals surface area contributed by atoms with Crippen LogP contribution in [-0.4, -0.2) is 57.8 Å². The minimum atomic E-state index is -3.32. The summed E-state index contributed by atoms with van der Waals surface area (Å²) >= 11 is 1.99. The molecular weight excluding hydrogens is 483 g/mol. The molecule has 0 radical (unpaired) electrons. The maximum absolute atomic E-state index is 12.7. The predicted molar refractivity (Wildman–Crippen MR) is 122 cm³/mol. The van der Waals surface area contributed by atoms with E-state index in [1.54, 1.807) is 7.05 Å². The summed E-state index contributed by atoms with van der Waals surface area (Å²) < 4.78 is 26.8. The number of anilines is 1. The summed E-state index contributed by atoms with van der Waals surface area (Å²) in [5.41, 5.74) is 1.92. The average Bonchev–Trinajstić information content (AvgIpc) is 3.27. The Kier molecular flexibility index (Phi) is 8.34. The highest BCUT2D eigenvalue weighted by molar-refractivity contribution is 14.0. The molecule has 1 unspecified atom stereocenters. The van der Waals surface area contributed by atoms with Crippen LogP contribution < -0.4 is 14.9 Å². The minimum absolute atomic E-state index is 0. The molecule has 2 heterocycles. The summed E-state index contributed by atoms with van der Waals surface area (Å²) in [4.78, 5) is 4.18. The topological polar surface area (TPSA) is 73.8 Å². The molecule has 146 valence electrons. The fraction of sp³-hybridized carbons (Fsp3) is 0.588. The number of hydrogen-bond donors (Lipinski definition) is 2. The standard InChI is InChI=1S/C17H26N4O2S2.HI/c1-18-17(20-13-15-6-4-11-24-15)19-9-12-25(22,23)21-10-8-14-5-2-3-7-16(14)21;/h2-3,5,7,15H,4,6,8-13H2,1H3,(H2,18,19,20);1H. The molecule has 1 aromatic carbocycles. The molecule has 3 rings (SSSR count). The van der Waals surface area contributed by atoms with Crippen molar-refractivity contribution in [1.82, 2.24) is 10.6 Å². The SMILES string of the molecule is CN=C(NCCS(=O)(=O)N1CCc2ccccc21)NCC1CCCS1.I. The summed E-state index contributed by atoms with van der Waals surface area (Å²) in [6.45, 7) is 1.75. The van der Waals surface area contributed by atoms with Gasteiger partial charge in [0.05, 0.1) is 11.4 Å². The Morgan fingerprint density at radius 1 is 1.35 bits per heavy atom. The third-order valence-corrected chi connectivity index (χ3v) is 7.75. The Balaban J connectivity index is 0.00000243. The molecule has 1 aromatic rings. The lowest BCUT2D eigenvalue weighted by Gasteiger charge is -2.20. The second kappa shape index (κ2) is 10.0. The molecule has 0 spiro atoms. The lowest BCUT2D eigenvalue weighted by Crippen LogP contribution is -2.43. The third kappa shape index (κ3) is 5.41. The molecule has 2 N–H and O–H groups in total. The molecule has 0 aliphatic carbocycles. The van der Waals surface area contributed by atoms with Crippen LogP contribution in [0.5, 0.6) is 0 Å². The number of rotatable bonds is 6. The van der Waals surface area contributed by atoms with E-state index in [1.807, 2.05) is 36.0 Å². The summed E-state index contributed by atoms with van der Waals surface area (Å²) in [5, 5.41) is 7.04. The van der Waals surface area contributed by atoms with Gasteiger partial charge < -0.3 is 10.6 Å². The minimum Gasteiger partial charge on any atom is -0.355 e. The highest BCUT2D eigenvalue weighted by Gasteiger charge is 2.28. The first-order chi connectivity index (χ1) is 12.1. The second-order valence-electron chi connectivity index (χ2n) is 6.28. The van der Waals surface area contributed by atoms with Gasteiger partial charge in [0.25, 0.3) is 0 Å². The number of guanidine groups is 1. The lowest BCUT2D eigenvalue weighted by atomic mass is 10.2. The van der Waals surface area contributed by atoms with E-state index in [4.69, 9.17) is 0 Å². The third-order valence-electron chi connectivity index (χ3n) is 4.58. The van der Waals surface area contributed by atoms with Crippen LogP contribution in [0.2, 0.25) is 0 Å². The normalized spacial score (nSPS) is 19.8. The molecule has 1 saturated heterocycles. The zero-order valence-electron chi connectivity index (χ0n) is 15.0. The van der Waals surface area contributed by atoms with Crippen molar-refractivity contribution >= 4 is 57.4 Å². The summed E-state index contributed by atoms with van der Waals surface area (Å²) in [6, 6.07) is 7.72. The van der Waals surface area contributed by atoms with Crippen molar-refractivity contribution in [3.63, 3.8) is 0 Å². The second-order valence-corrected chi connectivity index (χ2v) is 9.70. The Labute approximate surface area is 177 Å². The summed E-state index contributed by atoms with van der Waals surface area (Å²) in [7, 11) is -1.61. The molecule has 26 heavy (non-hydrogen) atoms. The number of aliphatic imine (C=N–C) groups is 1. The van der Waals surface area contributed by atoms with Gasteiger partial charge in [-0.2, -0.15) is 11.8 Å². The number of sulfonamides is 1. The Morgan fingerprint density at radius 3 is 2.88 bits per heavy atom. The number of nitrogens with zero attached hydrogens (tertiary/aromatic N) is 2. The fourth-order valence-electron chi connectivity index (χ4n) is 3.24. The Morgan fingerprint density at radius 2 is 2.15 bits per heavy atom. The predicted octanol–water partition coefficient (Wildman–Crippen LogP) is 2.06. The molecular formula is C17H27IN4O2S2. The van der Waals surface area contributed by atoms with Crippen LogP contribution in [0.4, 0.5) is 5.69 Å². The lowest BCUT2D eigenvalue weighted by molar-refractivity contribution is 0.590. The zero-order valence-corrected chi connectivity index (χ0v) is 18.9. The zero-order chi connectivity index (χ0) is 17.7. The van der Waals surface area contributed by atoms with Crippen LogP contribution in [0, 0.1) is 0 Å². The van der Waals surface area contributed by atoms with E-state index in [-0.39, 0.29) is 29.7 Å². The molecule has 9 heteroatoms. The van der Waals surface area contributed by atoms with Crippen molar-refractivity contribution in [2.45, 2.75) is 24.5 Å². The number of nitrogens with one attached hydrogen (secondary N) is 2. The van der Waals surface area contributed by atoms with Crippen LogP contribution >= 0.6 is 35.7 Å². The number of hydrogen-bond acceptors (Lipinski definition) is 4. The summed E-state index contributed by atoms with van der Waals surface area (Å²) in [6.07, 6.45) is 3.29. The number of para-hydroxylation sites is 1. The maximum atomic E-state index is 12.7. The quantitative estimate of drug-likeness (QED) is 0.348. The van der Waals surface area contributed by atoms with E-state index >= 15 is 0 Å². The van der Waals surface area contributed by atoms with Crippen molar-refractivity contribution in [1.29, 1.82) is 0 Å². The first kappa shape index (κ1) is 21.6. The van der Waals surface area contributed by atoms with E-state index in [9.17, 15) is 8.42 Å². The molecule has 0 saturated carbocycles. The van der Waals surface area contributed by atoms with Crippen molar-refractivity contribution in [2.75, 3.05) is 42.5 Å². The highest BCUT2D eigenvalue weighted by Crippen LogP contribution is 2.29. The van der Waals surface area contributed by atoms with Crippen molar-refractivity contribution in [3.8, 4) is 0 Å². The van der Waals surface area contributed by atoms with Crippen molar-refractivity contribution in [2.24, 2.45) is 4.99 Å². The van der Waals surface area contributed by atoms with Gasteiger partial charge in [-0.1, -0.05) is 18.2 Å². The van der Waals surface area contributed by atoms with E-state index in [0.717, 1.165) is 24.2 Å². The monoisotopic (exact) mass is 510 g/mol. The largest absolute Gasteiger partial charge is 0.355 e. The molecule has 2 aliphatic rings. The molecule has 0 aromatic heterocycles. The van der Waals surface area contributed by atoms with Gasteiger partial charge in [0.2, 0.25) is 10.0 Å². The maximum Gasteiger partial charge on any atom is 0.236 e. The van der Waals surface area contributed by atoms with Gasteiger partial charge in [-0.05, 0) is 36.6 Å². The molecule has 0 bridgehead atoms. The van der Waals surface area contributed by atoms with E-state index in [2.05, 4.69) is 15.6 Å². The van der Waals surface area contributed by atoms with Crippen molar-refractivity contribution in [3.05, 3.63) is 29.8 Å². The molecule has 1 atom stereocenters.